The van der Waals surface area contributed by atoms with E-state index in [1.165, 1.54) is 11.3 Å². The van der Waals surface area contributed by atoms with E-state index in [4.69, 9.17) is 16.3 Å². The van der Waals surface area contributed by atoms with E-state index < -0.39 is 6.10 Å². The second kappa shape index (κ2) is 4.82. The largest absolute Gasteiger partial charge is 0.390 e. The van der Waals surface area contributed by atoms with Crippen LogP contribution in [0.15, 0.2) is 12.1 Å². The fraction of sp³-hybridized carbons (Fsp3) is 0.500. The molecule has 1 N–H and O–H groups in total. The number of hydrogen-bond acceptors (Lipinski definition) is 3. The van der Waals surface area contributed by atoms with Gasteiger partial charge in [0.15, 0.2) is 0 Å². The van der Waals surface area contributed by atoms with Crippen LogP contribution >= 0.6 is 22.9 Å². The van der Waals surface area contributed by atoms with Gasteiger partial charge in [0.2, 0.25) is 0 Å². The molecule has 1 rings (SSSR count). The van der Waals surface area contributed by atoms with Gasteiger partial charge in [0, 0.05) is 18.4 Å². The Bertz CT molecular complexity index is 237. The Morgan fingerprint density at radius 1 is 1.67 bits per heavy atom. The summed E-state index contributed by atoms with van der Waals surface area (Å²) in [4.78, 5) is 1.09. The number of thiophene rings is 1. The summed E-state index contributed by atoms with van der Waals surface area (Å²) >= 11 is 7.22. The van der Waals surface area contributed by atoms with Gasteiger partial charge in [-0.2, -0.15) is 0 Å². The molecule has 0 aliphatic carbocycles. The van der Waals surface area contributed by atoms with Crippen LogP contribution in [0.4, 0.5) is 0 Å². The van der Waals surface area contributed by atoms with Crippen LogP contribution in [0.3, 0.4) is 0 Å². The van der Waals surface area contributed by atoms with Gasteiger partial charge in [-0.3, -0.25) is 0 Å². The molecule has 0 spiro atoms. The van der Waals surface area contributed by atoms with Gasteiger partial charge in [0.1, 0.15) is 0 Å². The van der Waals surface area contributed by atoms with E-state index in [1.807, 2.05) is 12.1 Å². The second-order valence-electron chi connectivity index (χ2n) is 2.52. The summed E-state index contributed by atoms with van der Waals surface area (Å²) in [5, 5.41) is 9.35. The molecular weight excluding hydrogens is 196 g/mol. The first kappa shape index (κ1) is 9.99. The molecule has 4 heteroatoms. The topological polar surface area (TPSA) is 29.5 Å². The molecule has 1 heterocycles. The highest BCUT2D eigenvalue weighted by molar-refractivity contribution is 7.16. The molecule has 0 aliphatic rings. The first-order valence-corrected chi connectivity index (χ1v) is 4.83. The summed E-state index contributed by atoms with van der Waals surface area (Å²) in [5.74, 6) is 0. The Morgan fingerprint density at radius 3 is 2.92 bits per heavy atom. The maximum absolute atomic E-state index is 9.35. The second-order valence-corrected chi connectivity index (χ2v) is 4.32. The number of halogens is 1. The standard InChI is InChI=1S/C8H11ClO2S/c1-11-5-6(10)4-7-2-3-8(9)12-7/h2-3,6,10H,4-5H2,1H3. The van der Waals surface area contributed by atoms with E-state index in [2.05, 4.69) is 0 Å². The molecule has 1 aromatic rings. The third-order valence-corrected chi connectivity index (χ3v) is 2.68. The van der Waals surface area contributed by atoms with Crippen LogP contribution in [0, 0.1) is 0 Å². The summed E-state index contributed by atoms with van der Waals surface area (Å²) in [6.45, 7) is 0.371. The van der Waals surface area contributed by atoms with Gasteiger partial charge in [0.25, 0.3) is 0 Å². The quantitative estimate of drug-likeness (QED) is 0.816. The summed E-state index contributed by atoms with van der Waals surface area (Å²) in [6.07, 6.45) is 0.190. The molecule has 12 heavy (non-hydrogen) atoms. The van der Waals surface area contributed by atoms with Crippen molar-refractivity contribution >= 4 is 22.9 Å². The van der Waals surface area contributed by atoms with Gasteiger partial charge >= 0.3 is 0 Å². The van der Waals surface area contributed by atoms with E-state index in [0.29, 0.717) is 13.0 Å². The summed E-state index contributed by atoms with van der Waals surface area (Å²) in [7, 11) is 1.57. The highest BCUT2D eigenvalue weighted by atomic mass is 35.5. The average molecular weight is 207 g/mol. The number of aliphatic hydroxyl groups is 1. The van der Waals surface area contributed by atoms with Crippen LogP contribution in [-0.2, 0) is 11.2 Å². The Hall–Kier alpha value is -0.0900. The summed E-state index contributed by atoms with van der Waals surface area (Å²) in [5.41, 5.74) is 0. The lowest BCUT2D eigenvalue weighted by Gasteiger charge is -2.06. The summed E-state index contributed by atoms with van der Waals surface area (Å²) in [6, 6.07) is 3.76. The van der Waals surface area contributed by atoms with Gasteiger partial charge in [-0.15, -0.1) is 11.3 Å². The first-order valence-electron chi connectivity index (χ1n) is 3.63. The Morgan fingerprint density at radius 2 is 2.42 bits per heavy atom. The van der Waals surface area contributed by atoms with Crippen molar-refractivity contribution in [2.24, 2.45) is 0 Å². The zero-order valence-corrected chi connectivity index (χ0v) is 8.36. The van der Waals surface area contributed by atoms with E-state index in [0.717, 1.165) is 9.21 Å². The fourth-order valence-corrected chi connectivity index (χ4v) is 2.10. The van der Waals surface area contributed by atoms with Crippen LogP contribution in [0.25, 0.3) is 0 Å². The maximum atomic E-state index is 9.35. The van der Waals surface area contributed by atoms with Gasteiger partial charge in [-0.05, 0) is 12.1 Å². The molecule has 0 amide bonds. The molecular formula is C8H11ClO2S. The van der Waals surface area contributed by atoms with Crippen molar-refractivity contribution in [1.82, 2.24) is 0 Å². The van der Waals surface area contributed by atoms with Crippen LogP contribution in [0.2, 0.25) is 4.34 Å². The molecule has 1 aromatic heterocycles. The van der Waals surface area contributed by atoms with E-state index in [9.17, 15) is 5.11 Å². The van der Waals surface area contributed by atoms with Crippen molar-refractivity contribution in [3.63, 3.8) is 0 Å². The lowest BCUT2D eigenvalue weighted by atomic mass is 10.2. The van der Waals surface area contributed by atoms with Crippen molar-refractivity contribution in [2.45, 2.75) is 12.5 Å². The molecule has 0 saturated carbocycles. The highest BCUT2D eigenvalue weighted by Crippen LogP contribution is 2.22. The maximum Gasteiger partial charge on any atom is 0.0931 e. The molecule has 0 aliphatic heterocycles. The molecule has 0 fully saturated rings. The highest BCUT2D eigenvalue weighted by Gasteiger charge is 2.06. The smallest absolute Gasteiger partial charge is 0.0931 e. The van der Waals surface area contributed by atoms with Crippen molar-refractivity contribution in [1.29, 1.82) is 0 Å². The number of hydrogen-bond donors (Lipinski definition) is 1. The molecule has 0 aromatic carbocycles. The third kappa shape index (κ3) is 3.11. The van der Waals surface area contributed by atoms with Gasteiger partial charge in [0.05, 0.1) is 17.0 Å². The van der Waals surface area contributed by atoms with Crippen LogP contribution in [-0.4, -0.2) is 24.9 Å². The fourth-order valence-electron chi connectivity index (χ4n) is 0.945. The third-order valence-electron chi connectivity index (χ3n) is 1.42. The van der Waals surface area contributed by atoms with Gasteiger partial charge in [-0.1, -0.05) is 11.6 Å². The summed E-state index contributed by atoms with van der Waals surface area (Å²) < 4.78 is 5.56. The Balaban J connectivity index is 2.41. The van der Waals surface area contributed by atoms with Gasteiger partial charge in [-0.25, -0.2) is 0 Å². The minimum Gasteiger partial charge on any atom is -0.390 e. The average Bonchev–Trinajstić information content (AvgIpc) is 2.36. The molecule has 1 atom stereocenters. The van der Waals surface area contributed by atoms with E-state index >= 15 is 0 Å². The normalized spacial score (nSPS) is 13.2. The zero-order valence-electron chi connectivity index (χ0n) is 6.79. The Kier molecular flexibility index (Phi) is 4.01. The first-order chi connectivity index (χ1) is 5.72. The number of aliphatic hydroxyl groups excluding tert-OH is 1. The molecule has 68 valence electrons. The van der Waals surface area contributed by atoms with Crippen molar-refractivity contribution in [3.05, 3.63) is 21.3 Å². The number of ether oxygens (including phenoxy) is 1. The monoisotopic (exact) mass is 206 g/mol. The van der Waals surface area contributed by atoms with Crippen LogP contribution in [0.5, 0.6) is 0 Å². The SMILES string of the molecule is COCC(O)Cc1ccc(Cl)s1. The minimum absolute atomic E-state index is 0.371. The van der Waals surface area contributed by atoms with Crippen molar-refractivity contribution < 1.29 is 9.84 Å². The lowest BCUT2D eigenvalue weighted by molar-refractivity contribution is 0.0655. The molecule has 1 unspecified atom stereocenters. The minimum atomic E-state index is -0.426. The van der Waals surface area contributed by atoms with Crippen LogP contribution < -0.4 is 0 Å². The molecule has 0 saturated heterocycles. The zero-order chi connectivity index (χ0) is 8.97. The van der Waals surface area contributed by atoms with E-state index in [-0.39, 0.29) is 0 Å². The lowest BCUT2D eigenvalue weighted by Crippen LogP contribution is -2.16. The van der Waals surface area contributed by atoms with Gasteiger partial charge < -0.3 is 9.84 Å². The molecule has 0 radical (unpaired) electrons. The van der Waals surface area contributed by atoms with Crippen molar-refractivity contribution in [2.75, 3.05) is 13.7 Å². The number of rotatable bonds is 4. The Labute approximate surface area is 80.7 Å². The van der Waals surface area contributed by atoms with Crippen LogP contribution in [0.1, 0.15) is 4.88 Å². The number of methoxy groups -OCH3 is 1. The molecule has 0 bridgehead atoms. The van der Waals surface area contributed by atoms with Crippen molar-refractivity contribution in [3.8, 4) is 0 Å². The van der Waals surface area contributed by atoms with E-state index in [1.54, 1.807) is 7.11 Å². The molecule has 2 nitrogen and oxygen atoms in total. The predicted octanol–water partition coefficient (Wildman–Crippen LogP) is 1.95. The predicted molar refractivity (Wildman–Crippen MR) is 50.9 cm³/mol.